The minimum Gasteiger partial charge on any atom is -0.346 e. The van der Waals surface area contributed by atoms with Crippen molar-refractivity contribution in [1.29, 1.82) is 0 Å². The molecule has 1 N–H and O–H groups in total. The second kappa shape index (κ2) is 4.66. The number of carbonyl (C=O) groups is 1. The molecule has 0 aliphatic carbocycles. The highest BCUT2D eigenvalue weighted by atomic mass is 16.5. The van der Waals surface area contributed by atoms with Gasteiger partial charge in [-0.1, -0.05) is 18.2 Å². The molecule has 4 rings (SSSR count). The van der Waals surface area contributed by atoms with Gasteiger partial charge in [-0.25, -0.2) is 9.97 Å². The van der Waals surface area contributed by atoms with Crippen LogP contribution in [-0.4, -0.2) is 41.3 Å². The van der Waals surface area contributed by atoms with E-state index in [1.54, 1.807) is 0 Å². The molecular weight excluding hydrogens is 268 g/mol. The Bertz CT molecular complexity index is 695. The van der Waals surface area contributed by atoms with E-state index in [-0.39, 0.29) is 12.5 Å². The number of nitrogens with zero attached hydrogens (tertiary/aromatic N) is 3. The van der Waals surface area contributed by atoms with E-state index < -0.39 is 5.72 Å². The van der Waals surface area contributed by atoms with Gasteiger partial charge in [0.2, 0.25) is 11.9 Å². The average molecular weight is 284 g/mol. The van der Waals surface area contributed by atoms with Crippen molar-refractivity contribution in [3.05, 3.63) is 30.5 Å². The molecule has 0 unspecified atom stereocenters. The minimum atomic E-state index is -0.468. The molecule has 0 bridgehead atoms. The van der Waals surface area contributed by atoms with Crippen molar-refractivity contribution in [2.75, 3.05) is 24.6 Å². The molecule has 21 heavy (non-hydrogen) atoms. The maximum atomic E-state index is 11.3. The van der Waals surface area contributed by atoms with Gasteiger partial charge in [-0.2, -0.15) is 0 Å². The van der Waals surface area contributed by atoms with E-state index >= 15 is 0 Å². The molecular formula is C15H16N4O2. The first-order valence-electron chi connectivity index (χ1n) is 7.16. The summed E-state index contributed by atoms with van der Waals surface area (Å²) in [4.78, 5) is 22.5. The topological polar surface area (TPSA) is 67.3 Å². The highest BCUT2D eigenvalue weighted by molar-refractivity contribution is 5.80. The fraction of sp³-hybridized carbons (Fsp3) is 0.400. The fourth-order valence-electron chi connectivity index (χ4n) is 2.98. The zero-order valence-electron chi connectivity index (χ0n) is 11.6. The number of amides is 1. The maximum absolute atomic E-state index is 11.3. The first-order valence-corrected chi connectivity index (χ1v) is 7.16. The van der Waals surface area contributed by atoms with Crippen LogP contribution in [0.4, 0.5) is 5.95 Å². The summed E-state index contributed by atoms with van der Waals surface area (Å²) in [7, 11) is 0. The van der Waals surface area contributed by atoms with Crippen molar-refractivity contribution < 1.29 is 9.53 Å². The molecule has 2 saturated heterocycles. The van der Waals surface area contributed by atoms with Crippen LogP contribution in [0.5, 0.6) is 0 Å². The Morgan fingerprint density at radius 2 is 2.05 bits per heavy atom. The van der Waals surface area contributed by atoms with Gasteiger partial charge in [0.1, 0.15) is 12.3 Å². The summed E-state index contributed by atoms with van der Waals surface area (Å²) in [5.74, 6) is 0.721. The van der Waals surface area contributed by atoms with Crippen molar-refractivity contribution in [2.45, 2.75) is 18.6 Å². The van der Waals surface area contributed by atoms with E-state index in [1.165, 1.54) is 0 Å². The molecule has 6 nitrogen and oxygen atoms in total. The first kappa shape index (κ1) is 12.5. The summed E-state index contributed by atoms with van der Waals surface area (Å²) in [5.41, 5.74) is 0.484. The summed E-state index contributed by atoms with van der Waals surface area (Å²) in [6, 6.07) is 7.96. The van der Waals surface area contributed by atoms with Crippen LogP contribution in [-0.2, 0) is 9.53 Å². The maximum Gasteiger partial charge on any atom is 0.248 e. The lowest BCUT2D eigenvalue weighted by Gasteiger charge is -2.38. The van der Waals surface area contributed by atoms with Gasteiger partial charge in [0, 0.05) is 37.5 Å². The number of ether oxygens (including phenoxy) is 1. The highest BCUT2D eigenvalue weighted by Crippen LogP contribution is 2.28. The van der Waals surface area contributed by atoms with Crippen molar-refractivity contribution in [3.8, 4) is 0 Å². The quantitative estimate of drug-likeness (QED) is 0.848. The smallest absolute Gasteiger partial charge is 0.248 e. The van der Waals surface area contributed by atoms with Crippen LogP contribution >= 0.6 is 0 Å². The third-order valence-electron chi connectivity index (χ3n) is 4.18. The predicted octanol–water partition coefficient (Wildman–Crippen LogP) is 1.07. The van der Waals surface area contributed by atoms with Crippen LogP contribution in [0, 0.1) is 0 Å². The monoisotopic (exact) mass is 284 g/mol. The third-order valence-corrected chi connectivity index (χ3v) is 4.18. The molecule has 0 atom stereocenters. The van der Waals surface area contributed by atoms with E-state index in [9.17, 15) is 4.79 Å². The van der Waals surface area contributed by atoms with Gasteiger partial charge >= 0.3 is 0 Å². The third kappa shape index (κ3) is 2.21. The number of para-hydroxylation sites is 1. The van der Waals surface area contributed by atoms with Crippen molar-refractivity contribution in [2.24, 2.45) is 0 Å². The molecule has 108 valence electrons. The number of nitrogens with one attached hydrogen (secondary N) is 1. The number of hydrogen-bond acceptors (Lipinski definition) is 5. The Kier molecular flexibility index (Phi) is 2.78. The molecule has 2 aromatic rings. The second-order valence-corrected chi connectivity index (χ2v) is 5.55. The Balaban J connectivity index is 1.53. The Morgan fingerprint density at radius 1 is 1.24 bits per heavy atom. The van der Waals surface area contributed by atoms with Gasteiger partial charge in [0.05, 0.1) is 5.52 Å². The standard InChI is InChI=1S/C15H16N4O2/c20-13-10-21-15(18-13)5-7-19(8-6-15)14-16-9-11-3-1-2-4-12(11)17-14/h1-4,9H,5-8,10H2,(H,18,20). The van der Waals surface area contributed by atoms with Crippen molar-refractivity contribution in [1.82, 2.24) is 15.3 Å². The Hall–Kier alpha value is -2.21. The van der Waals surface area contributed by atoms with Crippen molar-refractivity contribution in [3.63, 3.8) is 0 Å². The number of aromatic nitrogens is 2. The molecule has 0 radical (unpaired) electrons. The van der Waals surface area contributed by atoms with Crippen LogP contribution in [0.1, 0.15) is 12.8 Å². The number of carbonyl (C=O) groups excluding carboxylic acids is 1. The van der Waals surface area contributed by atoms with Crippen LogP contribution in [0.25, 0.3) is 10.9 Å². The van der Waals surface area contributed by atoms with Gasteiger partial charge in [0.15, 0.2) is 0 Å². The minimum absolute atomic E-state index is 0.0228. The summed E-state index contributed by atoms with van der Waals surface area (Å²) in [5, 5.41) is 3.98. The van der Waals surface area contributed by atoms with Gasteiger partial charge < -0.3 is 15.0 Å². The SMILES string of the molecule is O=C1COC2(CCN(c3ncc4ccccc4n3)CC2)N1. The molecule has 1 aromatic heterocycles. The number of fused-ring (bicyclic) bond motifs is 1. The summed E-state index contributed by atoms with van der Waals surface area (Å²) < 4.78 is 5.62. The average Bonchev–Trinajstić information content (AvgIpc) is 2.88. The lowest BCUT2D eigenvalue weighted by Crippen LogP contribution is -2.52. The molecule has 1 aromatic carbocycles. The predicted molar refractivity (Wildman–Crippen MR) is 77.8 cm³/mol. The van der Waals surface area contributed by atoms with E-state index in [0.717, 1.165) is 42.8 Å². The van der Waals surface area contributed by atoms with Gasteiger partial charge in [0.25, 0.3) is 0 Å². The lowest BCUT2D eigenvalue weighted by atomic mass is 10.0. The molecule has 3 heterocycles. The highest BCUT2D eigenvalue weighted by Gasteiger charge is 2.41. The largest absolute Gasteiger partial charge is 0.346 e. The fourth-order valence-corrected chi connectivity index (χ4v) is 2.98. The van der Waals surface area contributed by atoms with Crippen molar-refractivity contribution >= 4 is 22.8 Å². The molecule has 2 aliphatic rings. The molecule has 1 spiro atoms. The molecule has 2 aliphatic heterocycles. The molecule has 0 saturated carbocycles. The number of anilines is 1. The molecule has 6 heteroatoms. The van der Waals surface area contributed by atoms with E-state index in [0.29, 0.717) is 0 Å². The van der Waals surface area contributed by atoms with E-state index in [4.69, 9.17) is 4.74 Å². The second-order valence-electron chi connectivity index (χ2n) is 5.55. The number of hydrogen-bond donors (Lipinski definition) is 1. The van der Waals surface area contributed by atoms with Gasteiger partial charge in [-0.3, -0.25) is 4.79 Å². The zero-order valence-corrected chi connectivity index (χ0v) is 11.6. The van der Waals surface area contributed by atoms with Gasteiger partial charge in [-0.05, 0) is 6.07 Å². The normalized spacial score (nSPS) is 21.0. The molecule has 1 amide bonds. The Labute approximate surface area is 122 Å². The molecule has 2 fully saturated rings. The summed E-state index contributed by atoms with van der Waals surface area (Å²) in [6.45, 7) is 1.73. The number of rotatable bonds is 1. The lowest BCUT2D eigenvalue weighted by molar-refractivity contribution is -0.119. The van der Waals surface area contributed by atoms with Crippen LogP contribution in [0.3, 0.4) is 0 Å². The van der Waals surface area contributed by atoms with E-state index in [1.807, 2.05) is 30.5 Å². The van der Waals surface area contributed by atoms with Crippen LogP contribution in [0.15, 0.2) is 30.5 Å². The Morgan fingerprint density at radius 3 is 2.81 bits per heavy atom. The van der Waals surface area contributed by atoms with Gasteiger partial charge in [-0.15, -0.1) is 0 Å². The summed E-state index contributed by atoms with van der Waals surface area (Å²) >= 11 is 0. The number of piperidine rings is 1. The first-order chi connectivity index (χ1) is 10.2. The van der Waals surface area contributed by atoms with Crippen LogP contribution in [0.2, 0.25) is 0 Å². The van der Waals surface area contributed by atoms with Crippen LogP contribution < -0.4 is 10.2 Å². The van der Waals surface area contributed by atoms with E-state index in [2.05, 4.69) is 20.2 Å². The number of benzene rings is 1. The zero-order chi connectivity index (χ0) is 14.3. The summed E-state index contributed by atoms with van der Waals surface area (Å²) in [6.07, 6.45) is 3.37.